The Morgan fingerprint density at radius 2 is 2.05 bits per heavy atom. The number of aromatic nitrogens is 2. The van der Waals surface area contributed by atoms with Crippen molar-refractivity contribution in [2.45, 2.75) is 0 Å². The first-order chi connectivity index (χ1) is 10.5. The van der Waals surface area contributed by atoms with Gasteiger partial charge in [0.05, 0.1) is 39.2 Å². The number of rotatable bonds is 3. The van der Waals surface area contributed by atoms with Crippen LogP contribution in [0.3, 0.4) is 0 Å². The average molecular weight is 338 g/mol. The van der Waals surface area contributed by atoms with Gasteiger partial charge in [0.1, 0.15) is 17.1 Å². The molecule has 0 atom stereocenters. The van der Waals surface area contributed by atoms with E-state index in [1.165, 1.54) is 13.2 Å². The summed E-state index contributed by atoms with van der Waals surface area (Å²) in [6, 6.07) is 7.90. The standard InChI is InChI=1S/C14H9Cl2N3O3/c1-22-7-2-3-8(11(6-7)19(20)21)14-17-10-5-4-9(15)12(16)13(10)18-14/h2-6H,1H3,(H,17,18). The van der Waals surface area contributed by atoms with Crippen molar-refractivity contribution < 1.29 is 9.66 Å². The molecular formula is C14H9Cl2N3O3. The van der Waals surface area contributed by atoms with E-state index in [-0.39, 0.29) is 5.69 Å². The second kappa shape index (κ2) is 5.47. The van der Waals surface area contributed by atoms with E-state index in [0.29, 0.717) is 38.2 Å². The minimum Gasteiger partial charge on any atom is -0.497 e. The lowest BCUT2D eigenvalue weighted by Gasteiger charge is -2.03. The maximum absolute atomic E-state index is 11.3. The van der Waals surface area contributed by atoms with Crippen molar-refractivity contribution in [3.05, 3.63) is 50.5 Å². The summed E-state index contributed by atoms with van der Waals surface area (Å²) in [6.45, 7) is 0. The summed E-state index contributed by atoms with van der Waals surface area (Å²) >= 11 is 12.1. The maximum atomic E-state index is 11.3. The van der Waals surface area contributed by atoms with Crippen LogP contribution >= 0.6 is 23.2 Å². The molecule has 0 aliphatic heterocycles. The van der Waals surface area contributed by atoms with Crippen molar-refractivity contribution in [2.24, 2.45) is 0 Å². The highest BCUT2D eigenvalue weighted by molar-refractivity contribution is 6.44. The number of hydrogen-bond acceptors (Lipinski definition) is 4. The van der Waals surface area contributed by atoms with Gasteiger partial charge in [-0.1, -0.05) is 23.2 Å². The lowest BCUT2D eigenvalue weighted by molar-refractivity contribution is -0.384. The molecule has 2 aromatic carbocycles. The fourth-order valence-corrected chi connectivity index (χ4v) is 2.49. The van der Waals surface area contributed by atoms with E-state index in [4.69, 9.17) is 27.9 Å². The summed E-state index contributed by atoms with van der Waals surface area (Å²) < 4.78 is 5.02. The first kappa shape index (κ1) is 14.6. The highest BCUT2D eigenvalue weighted by Crippen LogP contribution is 2.35. The van der Waals surface area contributed by atoms with Crippen molar-refractivity contribution in [3.63, 3.8) is 0 Å². The monoisotopic (exact) mass is 337 g/mol. The van der Waals surface area contributed by atoms with Crippen LogP contribution in [0.1, 0.15) is 0 Å². The maximum Gasteiger partial charge on any atom is 0.284 e. The third-order valence-corrected chi connectivity index (χ3v) is 4.00. The molecule has 0 saturated carbocycles. The normalized spacial score (nSPS) is 10.9. The number of nitro groups is 1. The molecule has 0 fully saturated rings. The Kier molecular flexibility index (Phi) is 3.64. The highest BCUT2D eigenvalue weighted by Gasteiger charge is 2.20. The Bertz CT molecular complexity index is 892. The van der Waals surface area contributed by atoms with Gasteiger partial charge in [0, 0.05) is 0 Å². The molecule has 1 heterocycles. The molecule has 3 rings (SSSR count). The van der Waals surface area contributed by atoms with Gasteiger partial charge in [0.15, 0.2) is 0 Å². The Hall–Kier alpha value is -2.31. The first-order valence-electron chi connectivity index (χ1n) is 6.18. The summed E-state index contributed by atoms with van der Waals surface area (Å²) in [5.74, 6) is 0.737. The number of aromatic amines is 1. The third kappa shape index (κ3) is 2.36. The molecule has 1 N–H and O–H groups in total. The van der Waals surface area contributed by atoms with Crippen LogP contribution in [0.15, 0.2) is 30.3 Å². The van der Waals surface area contributed by atoms with Gasteiger partial charge < -0.3 is 9.72 Å². The van der Waals surface area contributed by atoms with E-state index < -0.39 is 4.92 Å². The zero-order valence-electron chi connectivity index (χ0n) is 11.3. The largest absolute Gasteiger partial charge is 0.497 e. The van der Waals surface area contributed by atoms with E-state index >= 15 is 0 Å². The molecular weight excluding hydrogens is 329 g/mol. The summed E-state index contributed by atoms with van der Waals surface area (Å²) in [4.78, 5) is 18.1. The molecule has 0 saturated heterocycles. The molecule has 22 heavy (non-hydrogen) atoms. The average Bonchev–Trinajstić information content (AvgIpc) is 2.95. The lowest BCUT2D eigenvalue weighted by Crippen LogP contribution is -1.94. The van der Waals surface area contributed by atoms with Gasteiger partial charge in [-0.3, -0.25) is 10.1 Å². The summed E-state index contributed by atoms with van der Waals surface area (Å²) in [5, 5.41) is 11.9. The SMILES string of the molecule is COc1ccc(-c2nc3c(Cl)c(Cl)ccc3[nH]2)c([N+](=O)[O-])c1. The van der Waals surface area contributed by atoms with Crippen molar-refractivity contribution in [3.8, 4) is 17.1 Å². The molecule has 8 heteroatoms. The van der Waals surface area contributed by atoms with E-state index in [1.807, 2.05) is 0 Å². The van der Waals surface area contributed by atoms with Crippen LogP contribution in [-0.4, -0.2) is 22.0 Å². The van der Waals surface area contributed by atoms with Crippen molar-refractivity contribution >= 4 is 39.9 Å². The molecule has 6 nitrogen and oxygen atoms in total. The predicted octanol–water partition coefficient (Wildman–Crippen LogP) is 4.45. The van der Waals surface area contributed by atoms with Crippen LogP contribution in [-0.2, 0) is 0 Å². The van der Waals surface area contributed by atoms with Crippen LogP contribution in [0.5, 0.6) is 5.75 Å². The number of halogens is 2. The van der Waals surface area contributed by atoms with Crippen molar-refractivity contribution in [1.29, 1.82) is 0 Å². The molecule has 0 spiro atoms. The fraction of sp³-hybridized carbons (Fsp3) is 0.0714. The topological polar surface area (TPSA) is 81.0 Å². The van der Waals surface area contributed by atoms with E-state index in [2.05, 4.69) is 9.97 Å². The minimum atomic E-state index is -0.486. The molecule has 0 radical (unpaired) electrons. The molecule has 0 unspecified atom stereocenters. The molecule has 0 aliphatic rings. The Labute approximate surface area is 134 Å². The van der Waals surface area contributed by atoms with Crippen LogP contribution < -0.4 is 4.74 Å². The minimum absolute atomic E-state index is 0.111. The molecule has 0 bridgehead atoms. The quantitative estimate of drug-likeness (QED) is 0.565. The van der Waals surface area contributed by atoms with Crippen LogP contribution in [0.4, 0.5) is 5.69 Å². The van der Waals surface area contributed by atoms with Crippen LogP contribution in [0.25, 0.3) is 22.4 Å². The van der Waals surface area contributed by atoms with E-state index in [9.17, 15) is 10.1 Å². The lowest BCUT2D eigenvalue weighted by atomic mass is 10.1. The van der Waals surface area contributed by atoms with Gasteiger partial charge in [0.25, 0.3) is 5.69 Å². The van der Waals surface area contributed by atoms with Crippen molar-refractivity contribution in [2.75, 3.05) is 7.11 Å². The van der Waals surface area contributed by atoms with Gasteiger partial charge in [-0.15, -0.1) is 0 Å². The Morgan fingerprint density at radius 1 is 1.27 bits per heavy atom. The molecule has 3 aromatic rings. The van der Waals surface area contributed by atoms with Gasteiger partial charge >= 0.3 is 0 Å². The predicted molar refractivity (Wildman–Crippen MR) is 84.8 cm³/mol. The van der Waals surface area contributed by atoms with Gasteiger partial charge in [-0.25, -0.2) is 4.98 Å². The van der Waals surface area contributed by atoms with Crippen molar-refractivity contribution in [1.82, 2.24) is 9.97 Å². The number of imidazole rings is 1. The number of fused-ring (bicyclic) bond motifs is 1. The number of hydrogen-bond donors (Lipinski definition) is 1. The van der Waals surface area contributed by atoms with Gasteiger partial charge in [0.2, 0.25) is 0 Å². The van der Waals surface area contributed by atoms with E-state index in [1.54, 1.807) is 24.3 Å². The summed E-state index contributed by atoms with van der Waals surface area (Å²) in [6.07, 6.45) is 0. The number of H-pyrrole nitrogens is 1. The van der Waals surface area contributed by atoms with E-state index in [0.717, 1.165) is 0 Å². The van der Waals surface area contributed by atoms with Gasteiger partial charge in [-0.05, 0) is 24.3 Å². The molecule has 0 aliphatic carbocycles. The number of methoxy groups -OCH3 is 1. The Morgan fingerprint density at radius 3 is 2.73 bits per heavy atom. The zero-order chi connectivity index (χ0) is 15.9. The second-order valence-corrected chi connectivity index (χ2v) is 5.27. The molecule has 1 aromatic heterocycles. The fourth-order valence-electron chi connectivity index (χ4n) is 2.13. The number of nitro benzene ring substituents is 1. The zero-order valence-corrected chi connectivity index (χ0v) is 12.8. The number of nitrogens with zero attached hydrogens (tertiary/aromatic N) is 2. The summed E-state index contributed by atoms with van der Waals surface area (Å²) in [7, 11) is 1.45. The first-order valence-corrected chi connectivity index (χ1v) is 6.93. The number of nitrogens with one attached hydrogen (secondary N) is 1. The Balaban J connectivity index is 2.23. The smallest absolute Gasteiger partial charge is 0.284 e. The van der Waals surface area contributed by atoms with Crippen LogP contribution in [0.2, 0.25) is 10.0 Å². The van der Waals surface area contributed by atoms with Gasteiger partial charge in [-0.2, -0.15) is 0 Å². The third-order valence-electron chi connectivity index (χ3n) is 3.20. The van der Waals surface area contributed by atoms with Crippen LogP contribution in [0, 0.1) is 10.1 Å². The number of benzene rings is 2. The number of ether oxygens (including phenoxy) is 1. The molecule has 112 valence electrons. The summed E-state index contributed by atoms with van der Waals surface area (Å²) in [5.41, 5.74) is 1.35. The highest BCUT2D eigenvalue weighted by atomic mass is 35.5. The molecule has 0 amide bonds. The second-order valence-electron chi connectivity index (χ2n) is 4.48.